The fourth-order valence-corrected chi connectivity index (χ4v) is 0.656. The van der Waals surface area contributed by atoms with E-state index < -0.39 is 0 Å². The number of amides is 1. The lowest BCUT2D eigenvalue weighted by Gasteiger charge is -2.23. The standard InChI is InChI=1S/C9H18N2O.C2H6/c1-8(2)9(12)10-6-7-11(3,4)5;1-2/h1,6-7H2,2-5H3;1-2H3/p+1. The summed E-state index contributed by atoms with van der Waals surface area (Å²) in [5.41, 5.74) is 0.566. The summed E-state index contributed by atoms with van der Waals surface area (Å²) < 4.78 is 0.858. The van der Waals surface area contributed by atoms with Gasteiger partial charge in [0.05, 0.1) is 34.2 Å². The van der Waals surface area contributed by atoms with Crippen LogP contribution in [0.4, 0.5) is 0 Å². The molecule has 0 fully saturated rings. The van der Waals surface area contributed by atoms with Crippen LogP contribution in [-0.2, 0) is 4.79 Å². The van der Waals surface area contributed by atoms with Crippen LogP contribution in [0.15, 0.2) is 12.2 Å². The van der Waals surface area contributed by atoms with Crippen molar-refractivity contribution in [3.05, 3.63) is 12.2 Å². The lowest BCUT2D eigenvalue weighted by molar-refractivity contribution is -0.869. The van der Waals surface area contributed by atoms with Gasteiger partial charge in [-0.05, 0) is 6.92 Å². The van der Waals surface area contributed by atoms with Gasteiger partial charge in [0.1, 0.15) is 0 Å². The molecule has 0 saturated carbocycles. The average molecular weight is 201 g/mol. The molecular formula is C11H25N2O+. The molecule has 0 radical (unpaired) electrons. The first kappa shape index (κ1) is 15.6. The van der Waals surface area contributed by atoms with Gasteiger partial charge in [0.15, 0.2) is 0 Å². The van der Waals surface area contributed by atoms with Crippen molar-refractivity contribution < 1.29 is 9.28 Å². The maximum absolute atomic E-state index is 11.0. The maximum Gasteiger partial charge on any atom is 0.246 e. The van der Waals surface area contributed by atoms with Gasteiger partial charge in [-0.2, -0.15) is 0 Å². The molecule has 0 saturated heterocycles. The van der Waals surface area contributed by atoms with Crippen LogP contribution >= 0.6 is 0 Å². The summed E-state index contributed by atoms with van der Waals surface area (Å²) in [6.07, 6.45) is 0. The number of nitrogens with zero attached hydrogens (tertiary/aromatic N) is 1. The quantitative estimate of drug-likeness (QED) is 0.541. The Kier molecular flexibility index (Phi) is 8.44. The Morgan fingerprint density at radius 3 is 2.00 bits per heavy atom. The van der Waals surface area contributed by atoms with Gasteiger partial charge in [-0.1, -0.05) is 20.4 Å². The third-order valence-electron chi connectivity index (χ3n) is 1.46. The fraction of sp³-hybridized carbons (Fsp3) is 0.727. The molecule has 0 aliphatic heterocycles. The monoisotopic (exact) mass is 201 g/mol. The van der Waals surface area contributed by atoms with E-state index in [-0.39, 0.29) is 5.91 Å². The lowest BCUT2D eigenvalue weighted by atomic mass is 10.3. The van der Waals surface area contributed by atoms with E-state index in [9.17, 15) is 4.79 Å². The van der Waals surface area contributed by atoms with Gasteiger partial charge < -0.3 is 9.80 Å². The Balaban J connectivity index is 0. The van der Waals surface area contributed by atoms with Crippen LogP contribution in [0.2, 0.25) is 0 Å². The molecule has 0 unspecified atom stereocenters. The summed E-state index contributed by atoms with van der Waals surface area (Å²) in [5.74, 6) is -0.0524. The van der Waals surface area contributed by atoms with E-state index in [0.29, 0.717) is 12.1 Å². The summed E-state index contributed by atoms with van der Waals surface area (Å²) in [6.45, 7) is 10.9. The van der Waals surface area contributed by atoms with Gasteiger partial charge in [-0.15, -0.1) is 0 Å². The lowest BCUT2D eigenvalue weighted by Crippen LogP contribution is -2.41. The SMILES string of the molecule is C=C(C)C(=O)NCC[N+](C)(C)C.CC. The van der Waals surface area contributed by atoms with Crippen molar-refractivity contribution in [3.63, 3.8) is 0 Å². The molecule has 14 heavy (non-hydrogen) atoms. The van der Waals surface area contributed by atoms with Crippen molar-refractivity contribution >= 4 is 5.91 Å². The maximum atomic E-state index is 11.0. The van der Waals surface area contributed by atoms with Crippen LogP contribution in [0.1, 0.15) is 20.8 Å². The number of quaternary nitrogens is 1. The molecule has 0 aromatic heterocycles. The summed E-state index contributed by atoms with van der Waals surface area (Å²) in [6, 6.07) is 0. The number of rotatable bonds is 4. The molecule has 0 aliphatic rings. The first-order valence-corrected chi connectivity index (χ1v) is 5.07. The molecule has 0 bridgehead atoms. The number of hydrogen-bond donors (Lipinski definition) is 1. The Hall–Kier alpha value is -0.830. The van der Waals surface area contributed by atoms with Gasteiger partial charge in [0.25, 0.3) is 0 Å². The summed E-state index contributed by atoms with van der Waals surface area (Å²) >= 11 is 0. The molecule has 0 atom stereocenters. The highest BCUT2D eigenvalue weighted by Crippen LogP contribution is 1.88. The van der Waals surface area contributed by atoms with E-state index in [4.69, 9.17) is 0 Å². The molecule has 0 aromatic carbocycles. The topological polar surface area (TPSA) is 29.1 Å². The van der Waals surface area contributed by atoms with Gasteiger partial charge in [-0.25, -0.2) is 0 Å². The first-order valence-electron chi connectivity index (χ1n) is 5.07. The third-order valence-corrected chi connectivity index (χ3v) is 1.46. The smallest absolute Gasteiger partial charge is 0.246 e. The minimum Gasteiger partial charge on any atom is -0.347 e. The predicted molar refractivity (Wildman–Crippen MR) is 62.1 cm³/mol. The molecule has 0 spiro atoms. The highest BCUT2D eigenvalue weighted by molar-refractivity contribution is 5.91. The number of likely N-dealkylation sites (N-methyl/N-ethyl adjacent to an activating group) is 1. The van der Waals surface area contributed by atoms with Crippen LogP contribution in [0.3, 0.4) is 0 Å². The van der Waals surface area contributed by atoms with Crippen LogP contribution in [0, 0.1) is 0 Å². The largest absolute Gasteiger partial charge is 0.347 e. The minimum atomic E-state index is -0.0524. The second-order valence-corrected chi connectivity index (χ2v) is 4.05. The highest BCUT2D eigenvalue weighted by Gasteiger charge is 2.07. The molecule has 3 nitrogen and oxygen atoms in total. The molecule has 1 N–H and O–H groups in total. The van der Waals surface area contributed by atoms with Crippen molar-refractivity contribution in [2.24, 2.45) is 0 Å². The van der Waals surface area contributed by atoms with Gasteiger partial charge in [0.2, 0.25) is 5.91 Å². The van der Waals surface area contributed by atoms with Gasteiger partial charge >= 0.3 is 0 Å². The van der Waals surface area contributed by atoms with Gasteiger partial charge in [-0.3, -0.25) is 4.79 Å². The van der Waals surface area contributed by atoms with E-state index in [1.54, 1.807) is 6.92 Å². The molecule has 0 aliphatic carbocycles. The van der Waals surface area contributed by atoms with E-state index >= 15 is 0 Å². The first-order chi connectivity index (χ1) is 6.33. The van der Waals surface area contributed by atoms with Gasteiger partial charge in [0, 0.05) is 5.57 Å². The Morgan fingerprint density at radius 2 is 1.71 bits per heavy atom. The number of carbonyl (C=O) groups excluding carboxylic acids is 1. The normalized spacial score (nSPS) is 9.86. The predicted octanol–water partition coefficient (Wildman–Crippen LogP) is 1.41. The zero-order valence-electron chi connectivity index (χ0n) is 10.5. The summed E-state index contributed by atoms with van der Waals surface area (Å²) in [7, 11) is 6.27. The van der Waals surface area contributed by atoms with E-state index in [1.807, 2.05) is 13.8 Å². The van der Waals surface area contributed by atoms with Crippen LogP contribution < -0.4 is 5.32 Å². The number of carbonyl (C=O) groups is 1. The van der Waals surface area contributed by atoms with Crippen molar-refractivity contribution in [2.75, 3.05) is 34.2 Å². The molecule has 1 amide bonds. The summed E-state index contributed by atoms with van der Waals surface area (Å²) in [4.78, 5) is 11.0. The second kappa shape index (κ2) is 7.56. The van der Waals surface area contributed by atoms with E-state index in [2.05, 4.69) is 33.0 Å². The summed E-state index contributed by atoms with van der Waals surface area (Å²) in [5, 5.41) is 2.78. The Bertz CT molecular complexity index is 180. The van der Waals surface area contributed by atoms with E-state index in [1.165, 1.54) is 0 Å². The number of nitrogens with one attached hydrogen (secondary N) is 1. The van der Waals surface area contributed by atoms with Crippen LogP contribution in [-0.4, -0.2) is 44.6 Å². The molecule has 0 heterocycles. The second-order valence-electron chi connectivity index (χ2n) is 4.05. The highest BCUT2D eigenvalue weighted by atomic mass is 16.1. The molecule has 0 aromatic rings. The Labute approximate surface area is 88.4 Å². The fourth-order valence-electron chi connectivity index (χ4n) is 0.656. The van der Waals surface area contributed by atoms with Crippen molar-refractivity contribution in [2.45, 2.75) is 20.8 Å². The Morgan fingerprint density at radius 1 is 1.29 bits per heavy atom. The zero-order valence-corrected chi connectivity index (χ0v) is 10.5. The molecule has 84 valence electrons. The average Bonchev–Trinajstić information content (AvgIpc) is 2.05. The zero-order chi connectivity index (χ0) is 11.8. The van der Waals surface area contributed by atoms with Crippen molar-refractivity contribution in [1.29, 1.82) is 0 Å². The number of hydrogen-bond acceptors (Lipinski definition) is 1. The van der Waals surface area contributed by atoms with Crippen molar-refractivity contribution in [3.8, 4) is 0 Å². The third kappa shape index (κ3) is 11.2. The van der Waals surface area contributed by atoms with E-state index in [0.717, 1.165) is 11.0 Å². The minimum absolute atomic E-state index is 0.0524. The van der Waals surface area contributed by atoms with Crippen LogP contribution in [0.5, 0.6) is 0 Å². The molecule has 0 rings (SSSR count). The van der Waals surface area contributed by atoms with Crippen LogP contribution in [0.25, 0.3) is 0 Å². The molecular weight excluding hydrogens is 176 g/mol. The molecule has 3 heteroatoms. The van der Waals surface area contributed by atoms with Crippen molar-refractivity contribution in [1.82, 2.24) is 5.32 Å².